The van der Waals surface area contributed by atoms with Crippen LogP contribution in [-0.2, 0) is 10.0 Å². The Morgan fingerprint density at radius 2 is 1.89 bits per heavy atom. The van der Waals surface area contributed by atoms with Gasteiger partial charge in [-0.1, -0.05) is 38.3 Å². The summed E-state index contributed by atoms with van der Waals surface area (Å²) >= 11 is 0. The number of benzene rings is 1. The Balaban J connectivity index is 2.75. The summed E-state index contributed by atoms with van der Waals surface area (Å²) in [7, 11) is -1.73. The van der Waals surface area contributed by atoms with E-state index in [0.717, 1.165) is 25.7 Å². The minimum absolute atomic E-state index is 0.0403. The van der Waals surface area contributed by atoms with Gasteiger partial charge in [0.05, 0.1) is 5.69 Å². The van der Waals surface area contributed by atoms with Crippen LogP contribution in [0, 0.1) is 0 Å². The summed E-state index contributed by atoms with van der Waals surface area (Å²) < 4.78 is 27.3. The van der Waals surface area contributed by atoms with E-state index < -0.39 is 10.0 Å². The van der Waals surface area contributed by atoms with E-state index in [-0.39, 0.29) is 6.04 Å². The lowest BCUT2D eigenvalue weighted by Crippen LogP contribution is -2.32. The second kappa shape index (κ2) is 7.50. The molecule has 2 N–H and O–H groups in total. The molecule has 1 aromatic rings. The maximum atomic E-state index is 12.3. The van der Waals surface area contributed by atoms with Crippen molar-refractivity contribution >= 4 is 15.7 Å². The largest absolute Gasteiger partial charge is 0.387 e. The molecule has 0 saturated heterocycles. The Morgan fingerprint density at radius 1 is 1.21 bits per heavy atom. The minimum atomic E-state index is -3.45. The minimum Gasteiger partial charge on any atom is -0.387 e. The van der Waals surface area contributed by atoms with Crippen LogP contribution in [-0.4, -0.2) is 21.5 Å². The van der Waals surface area contributed by atoms with E-state index in [1.54, 1.807) is 25.2 Å². The van der Waals surface area contributed by atoms with E-state index in [0.29, 0.717) is 10.6 Å². The molecule has 19 heavy (non-hydrogen) atoms. The first kappa shape index (κ1) is 16.0. The summed E-state index contributed by atoms with van der Waals surface area (Å²) in [5.74, 6) is 0. The van der Waals surface area contributed by atoms with Crippen molar-refractivity contribution in [3.05, 3.63) is 24.3 Å². The molecule has 0 aliphatic carbocycles. The van der Waals surface area contributed by atoms with Crippen molar-refractivity contribution < 1.29 is 8.42 Å². The lowest BCUT2D eigenvalue weighted by Gasteiger charge is -2.16. The molecule has 0 fully saturated rings. The Kier molecular flexibility index (Phi) is 6.31. The highest BCUT2D eigenvalue weighted by Crippen LogP contribution is 2.20. The molecule has 0 heterocycles. The zero-order valence-electron chi connectivity index (χ0n) is 11.9. The standard InChI is InChI=1S/C14H24N2O2S/c1-4-5-6-9-12(2)16-19(17,18)14-11-8-7-10-13(14)15-3/h7-8,10-12,15-16H,4-6,9H2,1-3H3. The Morgan fingerprint density at radius 3 is 2.53 bits per heavy atom. The molecule has 0 spiro atoms. The van der Waals surface area contributed by atoms with Gasteiger partial charge in [0, 0.05) is 13.1 Å². The van der Waals surface area contributed by atoms with Crippen LogP contribution in [0.3, 0.4) is 0 Å². The normalized spacial score (nSPS) is 13.2. The molecule has 0 radical (unpaired) electrons. The summed E-state index contributed by atoms with van der Waals surface area (Å²) in [5.41, 5.74) is 0.621. The molecule has 0 saturated carbocycles. The fourth-order valence-corrected chi connectivity index (χ4v) is 3.49. The zero-order chi connectivity index (χ0) is 14.3. The predicted octanol–water partition coefficient (Wildman–Crippen LogP) is 2.98. The van der Waals surface area contributed by atoms with Crippen molar-refractivity contribution in [1.29, 1.82) is 0 Å². The number of hydrogen-bond donors (Lipinski definition) is 2. The quantitative estimate of drug-likeness (QED) is 0.722. The van der Waals surface area contributed by atoms with Gasteiger partial charge in [-0.2, -0.15) is 0 Å². The maximum Gasteiger partial charge on any atom is 0.242 e. The molecule has 0 amide bonds. The number of sulfonamides is 1. The summed E-state index contributed by atoms with van der Waals surface area (Å²) in [6, 6.07) is 6.89. The van der Waals surface area contributed by atoms with E-state index >= 15 is 0 Å². The van der Waals surface area contributed by atoms with Gasteiger partial charge in [0.25, 0.3) is 0 Å². The van der Waals surface area contributed by atoms with Gasteiger partial charge in [0.1, 0.15) is 4.90 Å². The van der Waals surface area contributed by atoms with Gasteiger partial charge in [-0.05, 0) is 25.5 Å². The third-order valence-corrected chi connectivity index (χ3v) is 4.69. The molecule has 0 aromatic heterocycles. The van der Waals surface area contributed by atoms with Crippen molar-refractivity contribution in [2.75, 3.05) is 12.4 Å². The highest BCUT2D eigenvalue weighted by molar-refractivity contribution is 7.89. The van der Waals surface area contributed by atoms with Crippen LogP contribution < -0.4 is 10.0 Å². The van der Waals surface area contributed by atoms with Crippen molar-refractivity contribution in [3.8, 4) is 0 Å². The van der Waals surface area contributed by atoms with Gasteiger partial charge in [-0.25, -0.2) is 13.1 Å². The Bertz CT molecular complexity index is 486. The average molecular weight is 284 g/mol. The monoisotopic (exact) mass is 284 g/mol. The second-order valence-corrected chi connectivity index (χ2v) is 6.45. The van der Waals surface area contributed by atoms with Crippen molar-refractivity contribution in [2.45, 2.75) is 50.5 Å². The summed E-state index contributed by atoms with van der Waals surface area (Å²) in [6.07, 6.45) is 4.20. The van der Waals surface area contributed by atoms with E-state index in [2.05, 4.69) is 17.0 Å². The lowest BCUT2D eigenvalue weighted by molar-refractivity contribution is 0.527. The Labute approximate surface area is 116 Å². The van der Waals surface area contributed by atoms with Gasteiger partial charge >= 0.3 is 0 Å². The number of anilines is 1. The van der Waals surface area contributed by atoms with Gasteiger partial charge in [-0.3, -0.25) is 0 Å². The third-order valence-electron chi connectivity index (χ3n) is 3.04. The number of para-hydroxylation sites is 1. The fraction of sp³-hybridized carbons (Fsp3) is 0.571. The number of rotatable bonds is 8. The van der Waals surface area contributed by atoms with Crippen molar-refractivity contribution in [3.63, 3.8) is 0 Å². The van der Waals surface area contributed by atoms with Crippen molar-refractivity contribution in [1.82, 2.24) is 4.72 Å². The lowest BCUT2D eigenvalue weighted by atomic mass is 10.1. The average Bonchev–Trinajstić information content (AvgIpc) is 2.38. The van der Waals surface area contributed by atoms with Crippen LogP contribution in [0.15, 0.2) is 29.2 Å². The molecule has 0 bridgehead atoms. The van der Waals surface area contributed by atoms with E-state index in [9.17, 15) is 8.42 Å². The topological polar surface area (TPSA) is 58.2 Å². The van der Waals surface area contributed by atoms with Crippen LogP contribution in [0.5, 0.6) is 0 Å². The van der Waals surface area contributed by atoms with Crippen LogP contribution in [0.2, 0.25) is 0 Å². The Hall–Kier alpha value is -1.07. The first-order valence-electron chi connectivity index (χ1n) is 6.80. The second-order valence-electron chi connectivity index (χ2n) is 4.76. The summed E-state index contributed by atoms with van der Waals surface area (Å²) in [6.45, 7) is 4.05. The van der Waals surface area contributed by atoms with Gasteiger partial charge in [0.15, 0.2) is 0 Å². The molecule has 1 rings (SSSR count). The van der Waals surface area contributed by atoms with Gasteiger partial charge in [-0.15, -0.1) is 0 Å². The number of hydrogen-bond acceptors (Lipinski definition) is 3. The SMILES string of the molecule is CCCCCC(C)NS(=O)(=O)c1ccccc1NC. The van der Waals surface area contributed by atoms with Crippen LogP contribution >= 0.6 is 0 Å². The van der Waals surface area contributed by atoms with Crippen LogP contribution in [0.1, 0.15) is 39.5 Å². The molecule has 5 heteroatoms. The molecular weight excluding hydrogens is 260 g/mol. The first-order chi connectivity index (χ1) is 9.01. The molecule has 1 atom stereocenters. The van der Waals surface area contributed by atoms with Crippen LogP contribution in [0.25, 0.3) is 0 Å². The zero-order valence-corrected chi connectivity index (χ0v) is 12.8. The van der Waals surface area contributed by atoms with Crippen LogP contribution in [0.4, 0.5) is 5.69 Å². The van der Waals surface area contributed by atoms with Gasteiger partial charge in [0.2, 0.25) is 10.0 Å². The molecular formula is C14H24N2O2S. The smallest absolute Gasteiger partial charge is 0.242 e. The predicted molar refractivity (Wildman–Crippen MR) is 79.9 cm³/mol. The molecule has 1 unspecified atom stereocenters. The molecule has 0 aliphatic rings. The fourth-order valence-electron chi connectivity index (χ4n) is 2.00. The number of nitrogens with one attached hydrogen (secondary N) is 2. The molecule has 108 valence electrons. The van der Waals surface area contributed by atoms with Crippen molar-refractivity contribution in [2.24, 2.45) is 0 Å². The van der Waals surface area contributed by atoms with E-state index in [4.69, 9.17) is 0 Å². The van der Waals surface area contributed by atoms with Gasteiger partial charge < -0.3 is 5.32 Å². The molecule has 1 aromatic carbocycles. The number of unbranched alkanes of at least 4 members (excludes halogenated alkanes) is 2. The van der Waals surface area contributed by atoms with E-state index in [1.807, 2.05) is 13.0 Å². The molecule has 4 nitrogen and oxygen atoms in total. The highest BCUT2D eigenvalue weighted by Gasteiger charge is 2.19. The first-order valence-corrected chi connectivity index (χ1v) is 8.28. The molecule has 0 aliphatic heterocycles. The summed E-state index contributed by atoms with van der Waals surface area (Å²) in [5, 5.41) is 2.91. The maximum absolute atomic E-state index is 12.3. The third kappa shape index (κ3) is 4.84. The summed E-state index contributed by atoms with van der Waals surface area (Å²) in [4.78, 5) is 0.305. The van der Waals surface area contributed by atoms with E-state index in [1.165, 1.54) is 0 Å². The highest BCUT2D eigenvalue weighted by atomic mass is 32.2.